The third kappa shape index (κ3) is 71.8. The molecule has 0 aromatic heterocycles. The van der Waals surface area contributed by atoms with E-state index in [4.69, 9.17) is 37.0 Å². The number of unbranched alkanes of at least 4 members (excludes halogenated alkanes) is 26. The standard InChI is InChI=1S/C81H138O17P2/c1-5-9-13-17-21-25-29-33-35-37-39-43-46-50-54-58-62-66-79(84)92-72-77(98-81(86)68-64-60-56-52-48-44-40-38-36-34-30-26-22-18-14-10-6-2)74-96-100(89,90)94-70-75(82)69-93-99(87,88)95-73-76(97-80(85)67-63-59-55-51-47-42-32-28-24-20-16-12-8-4)71-91-78(83)65-61-57-53-49-45-41-31-27-23-19-15-11-7-3/h21-22,25-28,31-36,39-40,43-44,50,52,54,56,75-77,82H,5-20,23-24,29-30,37-38,41-42,45-49,51,53,55,57-74H2,1-4H3,(H,87,88)(H,89,90)/b25-21-,26-22-,31-27-,32-28-,35-33-,36-34-,43-39-,44-40-,54-50-,56-52-/t75-,76+,77+/m0/s1. The van der Waals surface area contributed by atoms with Gasteiger partial charge in [-0.05, 0) is 154 Å². The van der Waals surface area contributed by atoms with Gasteiger partial charge in [0.1, 0.15) is 19.3 Å². The third-order valence-corrected chi connectivity index (χ3v) is 17.8. The zero-order valence-electron chi connectivity index (χ0n) is 62.6. The highest BCUT2D eigenvalue weighted by Gasteiger charge is 2.30. The van der Waals surface area contributed by atoms with Gasteiger partial charge in [-0.25, -0.2) is 9.13 Å². The van der Waals surface area contributed by atoms with E-state index >= 15 is 0 Å². The summed E-state index contributed by atoms with van der Waals surface area (Å²) in [6.07, 6.45) is 79.2. The fourth-order valence-corrected chi connectivity index (χ4v) is 11.5. The van der Waals surface area contributed by atoms with E-state index in [1.807, 2.05) is 24.3 Å². The maximum absolute atomic E-state index is 13.1. The molecular formula is C81H138O17P2. The van der Waals surface area contributed by atoms with Crippen molar-refractivity contribution in [1.29, 1.82) is 0 Å². The van der Waals surface area contributed by atoms with Gasteiger partial charge in [0.25, 0.3) is 0 Å². The number of aliphatic hydroxyl groups is 1. The second-order valence-electron chi connectivity index (χ2n) is 25.6. The molecule has 0 aliphatic rings. The Kier molecular flexibility index (Phi) is 69.5. The number of allylic oxidation sites excluding steroid dienone is 20. The highest BCUT2D eigenvalue weighted by atomic mass is 31.2. The molecule has 3 N–H and O–H groups in total. The maximum atomic E-state index is 13.1. The van der Waals surface area contributed by atoms with Crippen LogP contribution in [-0.4, -0.2) is 96.7 Å². The lowest BCUT2D eigenvalue weighted by atomic mass is 10.1. The molecule has 2 unspecified atom stereocenters. The molecule has 574 valence electrons. The van der Waals surface area contributed by atoms with Crippen LogP contribution in [0.5, 0.6) is 0 Å². The van der Waals surface area contributed by atoms with Crippen molar-refractivity contribution < 1.29 is 80.2 Å². The van der Waals surface area contributed by atoms with Crippen LogP contribution in [0.3, 0.4) is 0 Å². The topological polar surface area (TPSA) is 237 Å². The van der Waals surface area contributed by atoms with Gasteiger partial charge in [0.2, 0.25) is 0 Å². The number of esters is 4. The second-order valence-corrected chi connectivity index (χ2v) is 28.5. The smallest absolute Gasteiger partial charge is 0.462 e. The van der Waals surface area contributed by atoms with Crippen molar-refractivity contribution in [3.63, 3.8) is 0 Å². The molecule has 17 nitrogen and oxygen atoms in total. The lowest BCUT2D eigenvalue weighted by molar-refractivity contribution is -0.161. The summed E-state index contributed by atoms with van der Waals surface area (Å²) >= 11 is 0. The van der Waals surface area contributed by atoms with Crippen LogP contribution in [0.4, 0.5) is 0 Å². The summed E-state index contributed by atoms with van der Waals surface area (Å²) in [6, 6.07) is 0. The molecule has 0 rings (SSSR count). The van der Waals surface area contributed by atoms with E-state index in [2.05, 4.69) is 125 Å². The minimum atomic E-state index is -5.00. The van der Waals surface area contributed by atoms with E-state index in [0.29, 0.717) is 38.5 Å². The van der Waals surface area contributed by atoms with Crippen LogP contribution in [0.1, 0.15) is 310 Å². The van der Waals surface area contributed by atoms with E-state index in [0.717, 1.165) is 128 Å². The summed E-state index contributed by atoms with van der Waals surface area (Å²) in [7, 11) is -9.99. The predicted octanol–water partition coefficient (Wildman–Crippen LogP) is 22.3. The van der Waals surface area contributed by atoms with Gasteiger partial charge in [-0.15, -0.1) is 0 Å². The molecule has 0 amide bonds. The van der Waals surface area contributed by atoms with Crippen molar-refractivity contribution >= 4 is 39.5 Å². The Morgan fingerprint density at radius 2 is 0.500 bits per heavy atom. The first kappa shape index (κ1) is 95.5. The molecule has 0 saturated carbocycles. The SMILES string of the molecule is CCCCC/C=C\C/C=C\C/C=C\C/C=C\CCCC(=O)OC[C@H](COP(=O)(O)OC[C@@H](O)COP(=O)(O)OC[C@@H](COC(=O)CCCCCCC/C=C\CCCCCC)OC(=O)CCCCCCC/C=C\CCCCCC)OC(=O)CCC/C=C\C/C=C\C/C=C\C/C=C\CCCCC. The van der Waals surface area contributed by atoms with Crippen molar-refractivity contribution in [1.82, 2.24) is 0 Å². The number of phosphoric ester groups is 2. The summed E-state index contributed by atoms with van der Waals surface area (Å²) in [5.41, 5.74) is 0. The highest BCUT2D eigenvalue weighted by molar-refractivity contribution is 7.47. The molecule has 0 fully saturated rings. The van der Waals surface area contributed by atoms with Crippen molar-refractivity contribution in [3.05, 3.63) is 122 Å². The molecule has 0 aromatic rings. The van der Waals surface area contributed by atoms with Crippen LogP contribution >= 0.6 is 15.6 Å². The van der Waals surface area contributed by atoms with Gasteiger partial charge in [-0.3, -0.25) is 37.3 Å². The lowest BCUT2D eigenvalue weighted by Crippen LogP contribution is -2.30. The minimum Gasteiger partial charge on any atom is -0.462 e. The molecule has 19 heteroatoms. The van der Waals surface area contributed by atoms with Gasteiger partial charge in [-0.2, -0.15) is 0 Å². The zero-order chi connectivity index (χ0) is 73.2. The van der Waals surface area contributed by atoms with Crippen molar-refractivity contribution in [2.24, 2.45) is 0 Å². The van der Waals surface area contributed by atoms with Crippen LogP contribution < -0.4 is 0 Å². The number of rotatable bonds is 72. The Hall–Kier alpha value is -4.54. The number of hydrogen-bond acceptors (Lipinski definition) is 15. The zero-order valence-corrected chi connectivity index (χ0v) is 64.4. The van der Waals surface area contributed by atoms with E-state index in [1.54, 1.807) is 0 Å². The molecule has 0 bridgehead atoms. The summed E-state index contributed by atoms with van der Waals surface area (Å²) in [5.74, 6) is -2.32. The fraction of sp³-hybridized carbons (Fsp3) is 0.704. The predicted molar refractivity (Wildman–Crippen MR) is 408 cm³/mol. The van der Waals surface area contributed by atoms with Crippen LogP contribution in [0.2, 0.25) is 0 Å². The Balaban J connectivity index is 5.47. The fourth-order valence-electron chi connectivity index (χ4n) is 9.90. The Morgan fingerprint density at radius 3 is 0.830 bits per heavy atom. The van der Waals surface area contributed by atoms with Crippen LogP contribution in [-0.2, 0) is 65.4 Å². The molecule has 0 aliphatic heterocycles. The molecule has 100 heavy (non-hydrogen) atoms. The maximum Gasteiger partial charge on any atom is 0.472 e. The Bertz CT molecular complexity index is 2370. The number of carbonyl (C=O) groups is 4. The van der Waals surface area contributed by atoms with Gasteiger partial charge in [-0.1, -0.05) is 252 Å². The first-order chi connectivity index (χ1) is 48.7. The summed E-state index contributed by atoms with van der Waals surface area (Å²) < 4.78 is 68.4. The molecular weight excluding hydrogens is 1310 g/mol. The molecule has 5 atom stereocenters. The average molecular weight is 1450 g/mol. The summed E-state index contributed by atoms with van der Waals surface area (Å²) in [5, 5.41) is 10.6. The van der Waals surface area contributed by atoms with Gasteiger partial charge < -0.3 is 33.8 Å². The van der Waals surface area contributed by atoms with Gasteiger partial charge in [0, 0.05) is 25.7 Å². The van der Waals surface area contributed by atoms with Crippen molar-refractivity contribution in [2.45, 2.75) is 329 Å². The van der Waals surface area contributed by atoms with Gasteiger partial charge >= 0.3 is 39.5 Å². The summed E-state index contributed by atoms with van der Waals surface area (Å²) in [4.78, 5) is 72.8. The quantitative estimate of drug-likeness (QED) is 0.0169. The van der Waals surface area contributed by atoms with E-state index in [9.17, 15) is 43.2 Å². The molecule has 0 aliphatic carbocycles. The lowest BCUT2D eigenvalue weighted by Gasteiger charge is -2.21. The van der Waals surface area contributed by atoms with E-state index in [1.165, 1.54) is 89.9 Å². The van der Waals surface area contributed by atoms with Gasteiger partial charge in [0.05, 0.1) is 26.4 Å². The number of hydrogen-bond donors (Lipinski definition) is 3. The number of phosphoric acid groups is 2. The average Bonchev–Trinajstić information content (AvgIpc) is 1.15. The molecule has 0 aromatic carbocycles. The third-order valence-electron chi connectivity index (χ3n) is 15.9. The Labute approximate surface area is 606 Å². The molecule has 0 saturated heterocycles. The van der Waals surface area contributed by atoms with Crippen LogP contribution in [0.15, 0.2) is 122 Å². The van der Waals surface area contributed by atoms with Crippen molar-refractivity contribution in [3.8, 4) is 0 Å². The molecule has 0 radical (unpaired) electrons. The normalized spacial score (nSPS) is 14.6. The van der Waals surface area contributed by atoms with E-state index < -0.39 is 97.5 Å². The monoisotopic (exact) mass is 1440 g/mol. The second kappa shape index (κ2) is 72.8. The first-order valence-corrected chi connectivity index (χ1v) is 41.8. The first-order valence-electron chi connectivity index (χ1n) is 38.8. The highest BCUT2D eigenvalue weighted by Crippen LogP contribution is 2.45. The van der Waals surface area contributed by atoms with Gasteiger partial charge in [0.15, 0.2) is 12.2 Å². The molecule has 0 heterocycles. The minimum absolute atomic E-state index is 0.00500. The van der Waals surface area contributed by atoms with E-state index in [-0.39, 0.29) is 25.7 Å². The Morgan fingerprint density at radius 1 is 0.280 bits per heavy atom. The molecule has 0 spiro atoms. The van der Waals surface area contributed by atoms with Crippen molar-refractivity contribution in [2.75, 3.05) is 39.6 Å². The van der Waals surface area contributed by atoms with Crippen LogP contribution in [0, 0.1) is 0 Å². The number of aliphatic hydroxyl groups excluding tert-OH is 1. The largest absolute Gasteiger partial charge is 0.472 e. The number of ether oxygens (including phenoxy) is 4. The number of carbonyl (C=O) groups excluding carboxylic acids is 4. The summed E-state index contributed by atoms with van der Waals surface area (Å²) in [6.45, 7) is 4.64. The van der Waals surface area contributed by atoms with Crippen LogP contribution in [0.25, 0.3) is 0 Å².